The molecule has 2 aromatic rings. The first kappa shape index (κ1) is 12.7. The summed E-state index contributed by atoms with van der Waals surface area (Å²) in [4.78, 5) is 4.72. The van der Waals surface area contributed by atoms with Crippen molar-refractivity contribution in [2.24, 2.45) is 5.92 Å². The van der Waals surface area contributed by atoms with Crippen molar-refractivity contribution < 1.29 is 4.74 Å². The lowest BCUT2D eigenvalue weighted by Crippen LogP contribution is -2.01. The Morgan fingerprint density at radius 3 is 2.61 bits per heavy atom. The minimum absolute atomic E-state index is 0.577. The minimum atomic E-state index is 0.577. The Balaban J connectivity index is 2.62. The average molecular weight is 244 g/mol. The second-order valence-electron chi connectivity index (χ2n) is 5.14. The number of methoxy groups -OCH3 is 1. The lowest BCUT2D eigenvalue weighted by molar-refractivity contribution is 0.415. The van der Waals surface area contributed by atoms with Crippen molar-refractivity contribution in [1.29, 1.82) is 0 Å². The second-order valence-corrected chi connectivity index (χ2v) is 5.14. The molecule has 18 heavy (non-hydrogen) atoms. The molecule has 0 fully saturated rings. The van der Waals surface area contributed by atoms with Gasteiger partial charge in [0.15, 0.2) is 0 Å². The third-order valence-electron chi connectivity index (χ3n) is 3.02. The van der Waals surface area contributed by atoms with Crippen molar-refractivity contribution >= 4 is 16.6 Å². The summed E-state index contributed by atoms with van der Waals surface area (Å²) in [5, 5.41) is 0.972. The third kappa shape index (κ3) is 2.40. The molecule has 1 heterocycles. The van der Waals surface area contributed by atoms with Crippen molar-refractivity contribution in [2.45, 2.75) is 27.2 Å². The zero-order chi connectivity index (χ0) is 13.3. The first-order chi connectivity index (χ1) is 8.51. The Morgan fingerprint density at radius 1 is 1.28 bits per heavy atom. The molecule has 2 rings (SSSR count). The van der Waals surface area contributed by atoms with Crippen LogP contribution in [0.2, 0.25) is 0 Å². The topological polar surface area (TPSA) is 48.1 Å². The molecule has 3 nitrogen and oxygen atoms in total. The summed E-state index contributed by atoms with van der Waals surface area (Å²) in [6.45, 7) is 6.41. The van der Waals surface area contributed by atoms with Gasteiger partial charge in [-0.05, 0) is 43.0 Å². The maximum Gasteiger partial charge on any atom is 0.119 e. The van der Waals surface area contributed by atoms with Gasteiger partial charge in [0.05, 0.1) is 12.6 Å². The predicted molar refractivity (Wildman–Crippen MR) is 76.0 cm³/mol. The molecule has 0 saturated heterocycles. The highest BCUT2D eigenvalue weighted by atomic mass is 16.5. The quantitative estimate of drug-likeness (QED) is 0.900. The molecule has 1 aromatic heterocycles. The van der Waals surface area contributed by atoms with Crippen molar-refractivity contribution in [1.82, 2.24) is 4.98 Å². The summed E-state index contributed by atoms with van der Waals surface area (Å²) in [5.74, 6) is 1.40. The standard InChI is InChI=1S/C15H20N2O/c1-9(2)5-11-7-14(16)13-8-12(18-4)6-10(3)15(13)17-11/h6-9H,5H2,1-4H3,(H2,16,17). The Bertz CT molecular complexity index is 576. The van der Waals surface area contributed by atoms with E-state index in [-0.39, 0.29) is 0 Å². The van der Waals surface area contributed by atoms with E-state index in [2.05, 4.69) is 13.8 Å². The fourth-order valence-electron chi connectivity index (χ4n) is 2.19. The van der Waals surface area contributed by atoms with Gasteiger partial charge >= 0.3 is 0 Å². The highest BCUT2D eigenvalue weighted by molar-refractivity contribution is 5.93. The minimum Gasteiger partial charge on any atom is -0.497 e. The van der Waals surface area contributed by atoms with Crippen LogP contribution < -0.4 is 10.5 Å². The number of aromatic nitrogens is 1. The summed E-state index contributed by atoms with van der Waals surface area (Å²) < 4.78 is 5.27. The van der Waals surface area contributed by atoms with Crippen LogP contribution in [0.1, 0.15) is 25.1 Å². The number of hydrogen-bond donors (Lipinski definition) is 1. The molecule has 3 heteroatoms. The Hall–Kier alpha value is -1.77. The van der Waals surface area contributed by atoms with Crippen LogP contribution in [0.3, 0.4) is 0 Å². The van der Waals surface area contributed by atoms with E-state index in [1.807, 2.05) is 25.1 Å². The Kier molecular flexibility index (Phi) is 3.41. The molecule has 0 aliphatic rings. The first-order valence-electron chi connectivity index (χ1n) is 6.25. The van der Waals surface area contributed by atoms with Crippen LogP contribution in [0.25, 0.3) is 10.9 Å². The molecular formula is C15H20N2O. The molecule has 0 spiro atoms. The van der Waals surface area contributed by atoms with Crippen LogP contribution >= 0.6 is 0 Å². The molecule has 0 amide bonds. The number of hydrogen-bond acceptors (Lipinski definition) is 3. The lowest BCUT2D eigenvalue weighted by atomic mass is 10.0. The molecule has 0 unspecified atom stereocenters. The Labute approximate surface area is 108 Å². The van der Waals surface area contributed by atoms with Gasteiger partial charge in [-0.3, -0.25) is 4.98 Å². The number of nitrogens with two attached hydrogens (primary N) is 1. The molecule has 0 saturated carbocycles. The first-order valence-corrected chi connectivity index (χ1v) is 6.25. The number of benzene rings is 1. The highest BCUT2D eigenvalue weighted by Crippen LogP contribution is 2.28. The summed E-state index contributed by atoms with van der Waals surface area (Å²) in [6, 6.07) is 5.92. The van der Waals surface area contributed by atoms with Crippen molar-refractivity contribution in [2.75, 3.05) is 12.8 Å². The van der Waals surface area contributed by atoms with Gasteiger partial charge < -0.3 is 10.5 Å². The largest absolute Gasteiger partial charge is 0.497 e. The van der Waals surface area contributed by atoms with Gasteiger partial charge in [0.25, 0.3) is 0 Å². The number of nitrogens with zero attached hydrogens (tertiary/aromatic N) is 1. The van der Waals surface area contributed by atoms with Gasteiger partial charge in [-0.15, -0.1) is 0 Å². The van der Waals surface area contributed by atoms with Gasteiger partial charge in [0, 0.05) is 16.8 Å². The van der Waals surface area contributed by atoms with Crippen LogP contribution in [0.4, 0.5) is 5.69 Å². The zero-order valence-electron chi connectivity index (χ0n) is 11.4. The lowest BCUT2D eigenvalue weighted by Gasteiger charge is -2.11. The molecule has 0 aliphatic heterocycles. The van der Waals surface area contributed by atoms with Crippen molar-refractivity contribution in [3.63, 3.8) is 0 Å². The number of rotatable bonds is 3. The summed E-state index contributed by atoms with van der Waals surface area (Å²) in [6.07, 6.45) is 0.950. The predicted octanol–water partition coefficient (Wildman–Crippen LogP) is 3.33. The van der Waals surface area contributed by atoms with Gasteiger partial charge in [-0.1, -0.05) is 13.8 Å². The van der Waals surface area contributed by atoms with Crippen LogP contribution in [0.5, 0.6) is 5.75 Å². The van der Waals surface area contributed by atoms with Gasteiger partial charge in [-0.2, -0.15) is 0 Å². The van der Waals surface area contributed by atoms with Crippen LogP contribution in [-0.2, 0) is 6.42 Å². The van der Waals surface area contributed by atoms with Crippen LogP contribution in [0.15, 0.2) is 18.2 Å². The highest BCUT2D eigenvalue weighted by Gasteiger charge is 2.09. The molecule has 0 atom stereocenters. The number of nitrogen functional groups attached to an aromatic ring is 1. The average Bonchev–Trinajstić information content (AvgIpc) is 2.29. The SMILES string of the molecule is COc1cc(C)c2nc(CC(C)C)cc(N)c2c1. The number of aryl methyl sites for hydroxylation is 1. The monoisotopic (exact) mass is 244 g/mol. The van der Waals surface area contributed by atoms with Gasteiger partial charge in [0.1, 0.15) is 5.75 Å². The Morgan fingerprint density at radius 2 is 2.00 bits per heavy atom. The number of pyridine rings is 1. The molecule has 0 radical (unpaired) electrons. The normalized spacial score (nSPS) is 11.2. The van der Waals surface area contributed by atoms with E-state index in [0.29, 0.717) is 5.92 Å². The summed E-state index contributed by atoms with van der Waals surface area (Å²) >= 11 is 0. The molecule has 96 valence electrons. The summed E-state index contributed by atoms with van der Waals surface area (Å²) in [5.41, 5.74) is 10.0. The van der Waals surface area contributed by atoms with E-state index in [9.17, 15) is 0 Å². The van der Waals surface area contributed by atoms with E-state index in [1.165, 1.54) is 0 Å². The summed E-state index contributed by atoms with van der Waals surface area (Å²) in [7, 11) is 1.66. The molecular weight excluding hydrogens is 224 g/mol. The van der Waals surface area contributed by atoms with E-state index in [4.69, 9.17) is 15.5 Å². The van der Waals surface area contributed by atoms with Crippen LogP contribution in [-0.4, -0.2) is 12.1 Å². The van der Waals surface area contributed by atoms with Crippen molar-refractivity contribution in [3.8, 4) is 5.75 Å². The molecule has 1 aromatic carbocycles. The number of fused-ring (bicyclic) bond motifs is 1. The number of anilines is 1. The third-order valence-corrected chi connectivity index (χ3v) is 3.02. The van der Waals surface area contributed by atoms with E-state index in [1.54, 1.807) is 7.11 Å². The molecule has 0 bridgehead atoms. The zero-order valence-corrected chi connectivity index (χ0v) is 11.4. The van der Waals surface area contributed by atoms with Crippen LogP contribution in [0, 0.1) is 12.8 Å². The number of ether oxygens (including phenoxy) is 1. The second kappa shape index (κ2) is 4.84. The fourth-order valence-corrected chi connectivity index (χ4v) is 2.19. The smallest absolute Gasteiger partial charge is 0.119 e. The molecule has 2 N–H and O–H groups in total. The van der Waals surface area contributed by atoms with Crippen molar-refractivity contribution in [3.05, 3.63) is 29.5 Å². The maximum absolute atomic E-state index is 6.13. The van der Waals surface area contributed by atoms with E-state index in [0.717, 1.165) is 40.0 Å². The molecule has 0 aliphatic carbocycles. The van der Waals surface area contributed by atoms with E-state index < -0.39 is 0 Å². The van der Waals surface area contributed by atoms with Gasteiger partial charge in [-0.25, -0.2) is 0 Å². The van der Waals surface area contributed by atoms with Gasteiger partial charge in [0.2, 0.25) is 0 Å². The van der Waals surface area contributed by atoms with E-state index >= 15 is 0 Å². The fraction of sp³-hybridized carbons (Fsp3) is 0.400. The maximum atomic E-state index is 6.13.